The molecule has 1 saturated heterocycles. The minimum absolute atomic E-state index is 0.221. The Balaban J connectivity index is 2.15. The minimum atomic E-state index is -0.435. The average molecular weight is 239 g/mol. The average Bonchev–Trinajstić information content (AvgIpc) is 2.99. The van der Waals surface area contributed by atoms with Gasteiger partial charge in [0.1, 0.15) is 5.60 Å². The lowest BCUT2D eigenvalue weighted by atomic mass is 10.0. The quantitative estimate of drug-likeness (QED) is 0.853. The van der Waals surface area contributed by atoms with E-state index in [4.69, 9.17) is 9.26 Å². The molecule has 1 aliphatic rings. The molecular weight excluding hydrogens is 218 g/mol. The number of hydrogen-bond acceptors (Lipinski definition) is 5. The van der Waals surface area contributed by atoms with Gasteiger partial charge in [-0.1, -0.05) is 12.1 Å². The molecule has 0 saturated carbocycles. The van der Waals surface area contributed by atoms with Crippen molar-refractivity contribution in [3.8, 4) is 0 Å². The van der Waals surface area contributed by atoms with Crippen LogP contribution in [0.2, 0.25) is 0 Å². The molecule has 2 heterocycles. The molecule has 0 amide bonds. The Morgan fingerprint density at radius 2 is 2.35 bits per heavy atom. The van der Waals surface area contributed by atoms with Crippen molar-refractivity contribution in [3.05, 3.63) is 11.7 Å². The Hall–Kier alpha value is -0.940. The van der Waals surface area contributed by atoms with Crippen molar-refractivity contribution in [2.75, 3.05) is 13.2 Å². The fourth-order valence-electron chi connectivity index (χ4n) is 2.13. The molecule has 0 aromatic carbocycles. The van der Waals surface area contributed by atoms with Crippen LogP contribution in [0, 0.1) is 0 Å². The van der Waals surface area contributed by atoms with Crippen molar-refractivity contribution in [1.29, 1.82) is 0 Å². The SMILES string of the molecule is CCOC(C)(CC)c1noc([C@H]2CCCN2)n1. The first kappa shape index (κ1) is 12.5. The fraction of sp³-hybridized carbons (Fsp3) is 0.833. The van der Waals surface area contributed by atoms with E-state index < -0.39 is 5.60 Å². The lowest BCUT2D eigenvalue weighted by Crippen LogP contribution is -2.26. The van der Waals surface area contributed by atoms with Crippen LogP contribution in [0.1, 0.15) is 57.8 Å². The second-order valence-electron chi connectivity index (χ2n) is 4.62. The van der Waals surface area contributed by atoms with Crippen LogP contribution in [0.5, 0.6) is 0 Å². The Morgan fingerprint density at radius 3 is 2.94 bits per heavy atom. The lowest BCUT2D eigenvalue weighted by Gasteiger charge is -2.23. The molecule has 5 heteroatoms. The van der Waals surface area contributed by atoms with E-state index in [-0.39, 0.29) is 6.04 Å². The van der Waals surface area contributed by atoms with Crippen LogP contribution < -0.4 is 5.32 Å². The third-order valence-corrected chi connectivity index (χ3v) is 3.41. The van der Waals surface area contributed by atoms with Gasteiger partial charge < -0.3 is 14.6 Å². The Labute approximate surface area is 102 Å². The highest BCUT2D eigenvalue weighted by atomic mass is 16.5. The van der Waals surface area contributed by atoms with Crippen molar-refractivity contribution < 1.29 is 9.26 Å². The number of ether oxygens (including phenoxy) is 1. The lowest BCUT2D eigenvalue weighted by molar-refractivity contribution is -0.0403. The van der Waals surface area contributed by atoms with Crippen LogP contribution in [-0.2, 0) is 10.3 Å². The fourth-order valence-corrected chi connectivity index (χ4v) is 2.13. The molecule has 1 unspecified atom stereocenters. The Morgan fingerprint density at radius 1 is 1.53 bits per heavy atom. The van der Waals surface area contributed by atoms with Gasteiger partial charge in [0.2, 0.25) is 11.7 Å². The summed E-state index contributed by atoms with van der Waals surface area (Å²) in [7, 11) is 0. The van der Waals surface area contributed by atoms with Gasteiger partial charge in [-0.15, -0.1) is 0 Å². The number of aromatic nitrogens is 2. The number of hydrogen-bond donors (Lipinski definition) is 1. The summed E-state index contributed by atoms with van der Waals surface area (Å²) in [5.41, 5.74) is -0.435. The van der Waals surface area contributed by atoms with E-state index in [0.29, 0.717) is 18.3 Å². The van der Waals surface area contributed by atoms with E-state index in [1.807, 2.05) is 13.8 Å². The molecule has 1 aromatic heterocycles. The predicted octanol–water partition coefficient (Wildman–Crippen LogP) is 2.16. The highest BCUT2D eigenvalue weighted by molar-refractivity contribution is 5.02. The summed E-state index contributed by atoms with van der Waals surface area (Å²) in [6, 6.07) is 0.221. The van der Waals surface area contributed by atoms with Crippen LogP contribution in [0.3, 0.4) is 0 Å². The largest absolute Gasteiger partial charge is 0.367 e. The van der Waals surface area contributed by atoms with Gasteiger partial charge in [0, 0.05) is 6.61 Å². The number of nitrogens with one attached hydrogen (secondary N) is 1. The highest BCUT2D eigenvalue weighted by Crippen LogP contribution is 2.29. The van der Waals surface area contributed by atoms with E-state index in [2.05, 4.69) is 22.4 Å². The van der Waals surface area contributed by atoms with E-state index in [1.165, 1.54) is 6.42 Å². The van der Waals surface area contributed by atoms with Crippen LogP contribution >= 0.6 is 0 Å². The van der Waals surface area contributed by atoms with Gasteiger partial charge >= 0.3 is 0 Å². The maximum Gasteiger partial charge on any atom is 0.243 e. The molecule has 1 fully saturated rings. The molecule has 0 bridgehead atoms. The van der Waals surface area contributed by atoms with Gasteiger partial charge in [0.15, 0.2) is 0 Å². The van der Waals surface area contributed by atoms with Gasteiger partial charge in [-0.3, -0.25) is 0 Å². The molecule has 2 rings (SSSR count). The molecule has 0 spiro atoms. The normalized spacial score (nSPS) is 23.8. The van der Waals surface area contributed by atoms with Gasteiger partial charge in [-0.25, -0.2) is 0 Å². The summed E-state index contributed by atoms with van der Waals surface area (Å²) in [5, 5.41) is 7.42. The first-order valence-electron chi connectivity index (χ1n) is 6.41. The summed E-state index contributed by atoms with van der Waals surface area (Å²) >= 11 is 0. The van der Waals surface area contributed by atoms with Crippen LogP contribution in [0.15, 0.2) is 4.52 Å². The molecule has 17 heavy (non-hydrogen) atoms. The third-order valence-electron chi connectivity index (χ3n) is 3.41. The molecule has 1 aromatic rings. The van der Waals surface area contributed by atoms with E-state index in [9.17, 15) is 0 Å². The monoisotopic (exact) mass is 239 g/mol. The molecule has 1 N–H and O–H groups in total. The molecule has 0 radical (unpaired) electrons. The molecular formula is C12H21N3O2. The molecule has 5 nitrogen and oxygen atoms in total. The van der Waals surface area contributed by atoms with E-state index in [1.54, 1.807) is 0 Å². The Kier molecular flexibility index (Phi) is 3.79. The van der Waals surface area contributed by atoms with Crippen molar-refractivity contribution in [2.24, 2.45) is 0 Å². The first-order valence-corrected chi connectivity index (χ1v) is 6.41. The second-order valence-corrected chi connectivity index (χ2v) is 4.62. The standard InChI is InChI=1S/C12H21N3O2/c1-4-12(3,16-5-2)11-14-10(17-15-11)9-7-6-8-13-9/h9,13H,4-8H2,1-3H3/t9-,12?/m1/s1. The summed E-state index contributed by atoms with van der Waals surface area (Å²) in [4.78, 5) is 4.49. The van der Waals surface area contributed by atoms with Crippen LogP contribution in [0.25, 0.3) is 0 Å². The van der Waals surface area contributed by atoms with E-state index in [0.717, 1.165) is 19.4 Å². The zero-order valence-corrected chi connectivity index (χ0v) is 10.8. The van der Waals surface area contributed by atoms with Crippen LogP contribution in [-0.4, -0.2) is 23.3 Å². The topological polar surface area (TPSA) is 60.2 Å². The molecule has 0 aliphatic carbocycles. The van der Waals surface area contributed by atoms with Crippen molar-refractivity contribution in [1.82, 2.24) is 15.5 Å². The van der Waals surface area contributed by atoms with Crippen molar-refractivity contribution in [2.45, 2.75) is 51.7 Å². The summed E-state index contributed by atoms with van der Waals surface area (Å²) in [5.74, 6) is 1.35. The van der Waals surface area contributed by atoms with E-state index >= 15 is 0 Å². The summed E-state index contributed by atoms with van der Waals surface area (Å²) in [6.45, 7) is 7.73. The molecule has 1 aliphatic heterocycles. The number of rotatable bonds is 5. The van der Waals surface area contributed by atoms with Crippen LogP contribution in [0.4, 0.5) is 0 Å². The van der Waals surface area contributed by atoms with Crippen molar-refractivity contribution >= 4 is 0 Å². The first-order chi connectivity index (χ1) is 8.19. The van der Waals surface area contributed by atoms with Gasteiger partial charge in [-0.2, -0.15) is 4.98 Å². The summed E-state index contributed by atoms with van der Waals surface area (Å²) in [6.07, 6.45) is 3.07. The maximum absolute atomic E-state index is 5.74. The maximum atomic E-state index is 5.74. The molecule has 96 valence electrons. The number of nitrogens with zero attached hydrogens (tertiary/aromatic N) is 2. The van der Waals surface area contributed by atoms with Crippen molar-refractivity contribution in [3.63, 3.8) is 0 Å². The zero-order valence-electron chi connectivity index (χ0n) is 10.8. The van der Waals surface area contributed by atoms with Gasteiger partial charge in [-0.05, 0) is 39.7 Å². The molecule has 2 atom stereocenters. The van der Waals surface area contributed by atoms with Gasteiger partial charge in [0.25, 0.3) is 0 Å². The van der Waals surface area contributed by atoms with Gasteiger partial charge in [0.05, 0.1) is 6.04 Å². The predicted molar refractivity (Wildman–Crippen MR) is 63.5 cm³/mol. The minimum Gasteiger partial charge on any atom is -0.367 e. The highest BCUT2D eigenvalue weighted by Gasteiger charge is 2.32. The third kappa shape index (κ3) is 2.50. The zero-order chi connectivity index (χ0) is 12.3. The second kappa shape index (κ2) is 5.14. The summed E-state index contributed by atoms with van der Waals surface area (Å²) < 4.78 is 11.1. The Bertz CT molecular complexity index is 360. The smallest absolute Gasteiger partial charge is 0.243 e.